The molecule has 0 saturated heterocycles. The first kappa shape index (κ1) is 12.2. The zero-order valence-electron chi connectivity index (χ0n) is 11.1. The fourth-order valence-corrected chi connectivity index (χ4v) is 3.67. The zero-order chi connectivity index (χ0) is 13.5. The lowest BCUT2D eigenvalue weighted by atomic mass is 9.98. The molecule has 4 rings (SSSR count). The van der Waals surface area contributed by atoms with Gasteiger partial charge in [-0.05, 0) is 49.7 Å². The Hall–Kier alpha value is -1.55. The summed E-state index contributed by atoms with van der Waals surface area (Å²) in [5.74, 6) is 3.00. The molecule has 0 aliphatic heterocycles. The second kappa shape index (κ2) is 4.77. The van der Waals surface area contributed by atoms with E-state index in [9.17, 15) is 0 Å². The number of rotatable bonds is 3. The highest BCUT2D eigenvalue weighted by atomic mass is 35.5. The highest BCUT2D eigenvalue weighted by Gasteiger charge is 2.41. The normalized spacial score (nSPS) is 27.9. The number of pyridine rings is 1. The molecule has 2 saturated carbocycles. The Labute approximate surface area is 122 Å². The van der Waals surface area contributed by atoms with Crippen LogP contribution in [-0.2, 0) is 0 Å². The third-order valence-electron chi connectivity index (χ3n) is 4.45. The van der Waals surface area contributed by atoms with Crippen LogP contribution in [0.2, 0.25) is 5.15 Å². The van der Waals surface area contributed by atoms with E-state index in [-0.39, 0.29) is 0 Å². The van der Waals surface area contributed by atoms with Crippen LogP contribution >= 0.6 is 11.6 Å². The Kier molecular flexibility index (Phi) is 2.91. The van der Waals surface area contributed by atoms with Crippen LogP contribution in [0.5, 0.6) is 5.88 Å². The van der Waals surface area contributed by atoms with Crippen molar-refractivity contribution in [3.63, 3.8) is 0 Å². The lowest BCUT2D eigenvalue weighted by Gasteiger charge is -2.21. The third-order valence-corrected chi connectivity index (χ3v) is 4.66. The molecule has 3 atom stereocenters. The molecule has 104 valence electrons. The number of fused-ring (bicyclic) bond motifs is 2. The van der Waals surface area contributed by atoms with E-state index in [2.05, 4.69) is 10.1 Å². The minimum Gasteiger partial charge on any atom is -0.473 e. The summed E-state index contributed by atoms with van der Waals surface area (Å²) in [5.41, 5.74) is 0. The lowest BCUT2D eigenvalue weighted by Crippen LogP contribution is -2.23. The topological polar surface area (TPSA) is 39.9 Å². The molecule has 2 aromatic heterocycles. The molecule has 2 bridgehead atoms. The van der Waals surface area contributed by atoms with Crippen LogP contribution < -0.4 is 4.74 Å². The predicted octanol–water partition coefficient (Wildman–Crippen LogP) is 3.49. The van der Waals surface area contributed by atoms with E-state index < -0.39 is 0 Å². The molecule has 0 amide bonds. The van der Waals surface area contributed by atoms with Crippen LogP contribution in [0.1, 0.15) is 25.7 Å². The standard InChI is InChI=1S/C15H16ClN3O/c16-13-2-1-3-14(17-13)19-7-6-15(18-19)20-12-9-10-4-5-11(12)8-10/h1-3,6-7,10-12H,4-5,8-9H2/t10-,11+,12-/m0/s1. The summed E-state index contributed by atoms with van der Waals surface area (Å²) in [6.07, 6.45) is 7.43. The van der Waals surface area contributed by atoms with E-state index in [0.717, 1.165) is 11.8 Å². The van der Waals surface area contributed by atoms with Crippen molar-refractivity contribution >= 4 is 11.6 Å². The number of aromatic nitrogens is 3. The van der Waals surface area contributed by atoms with E-state index in [1.54, 1.807) is 10.7 Å². The minimum absolute atomic E-state index is 0.351. The SMILES string of the molecule is Clc1cccc(-n2ccc(O[C@H]3C[C@H]4CC[C@@H]3C4)n2)n1. The van der Waals surface area contributed by atoms with Crippen LogP contribution in [0.3, 0.4) is 0 Å². The van der Waals surface area contributed by atoms with Crippen LogP contribution in [-0.4, -0.2) is 20.9 Å². The molecule has 2 fully saturated rings. The van der Waals surface area contributed by atoms with Gasteiger partial charge in [-0.3, -0.25) is 0 Å². The molecule has 0 N–H and O–H groups in total. The summed E-state index contributed by atoms with van der Waals surface area (Å²) in [6, 6.07) is 7.39. The van der Waals surface area contributed by atoms with Crippen molar-refractivity contribution in [1.82, 2.24) is 14.8 Å². The Bertz CT molecular complexity index is 627. The average Bonchev–Trinajstić information content (AvgIpc) is 3.14. The molecule has 0 aromatic carbocycles. The molecule has 2 aliphatic rings. The molecule has 2 aliphatic carbocycles. The number of hydrogen-bond donors (Lipinski definition) is 0. The first-order valence-corrected chi connectivity index (χ1v) is 7.51. The van der Waals surface area contributed by atoms with Crippen molar-refractivity contribution in [2.24, 2.45) is 11.8 Å². The summed E-state index contributed by atoms with van der Waals surface area (Å²) in [7, 11) is 0. The highest BCUT2D eigenvalue weighted by molar-refractivity contribution is 6.29. The number of ether oxygens (including phenoxy) is 1. The smallest absolute Gasteiger partial charge is 0.233 e. The lowest BCUT2D eigenvalue weighted by molar-refractivity contribution is 0.132. The Balaban J connectivity index is 1.51. The Morgan fingerprint density at radius 1 is 1.20 bits per heavy atom. The first-order valence-electron chi connectivity index (χ1n) is 7.13. The number of hydrogen-bond acceptors (Lipinski definition) is 3. The fourth-order valence-electron chi connectivity index (χ4n) is 3.51. The van der Waals surface area contributed by atoms with E-state index >= 15 is 0 Å². The first-order chi connectivity index (χ1) is 9.78. The Morgan fingerprint density at radius 2 is 2.15 bits per heavy atom. The van der Waals surface area contributed by atoms with Gasteiger partial charge in [0.25, 0.3) is 0 Å². The highest BCUT2D eigenvalue weighted by Crippen LogP contribution is 2.45. The minimum atomic E-state index is 0.351. The molecule has 0 unspecified atom stereocenters. The van der Waals surface area contributed by atoms with E-state index in [1.165, 1.54) is 25.7 Å². The van der Waals surface area contributed by atoms with Gasteiger partial charge in [-0.1, -0.05) is 17.7 Å². The van der Waals surface area contributed by atoms with Crippen LogP contribution in [0.15, 0.2) is 30.5 Å². The van der Waals surface area contributed by atoms with Gasteiger partial charge < -0.3 is 4.74 Å². The van der Waals surface area contributed by atoms with Crippen molar-refractivity contribution < 1.29 is 4.74 Å². The quantitative estimate of drug-likeness (QED) is 0.812. The molecule has 0 radical (unpaired) electrons. The molecule has 4 nitrogen and oxygen atoms in total. The fraction of sp³-hybridized carbons (Fsp3) is 0.467. The van der Waals surface area contributed by atoms with E-state index in [1.807, 2.05) is 24.4 Å². The average molecular weight is 290 g/mol. The van der Waals surface area contributed by atoms with E-state index in [0.29, 0.717) is 23.0 Å². The van der Waals surface area contributed by atoms with Gasteiger partial charge in [-0.2, -0.15) is 0 Å². The van der Waals surface area contributed by atoms with Crippen molar-refractivity contribution in [3.8, 4) is 11.7 Å². The van der Waals surface area contributed by atoms with Gasteiger partial charge in [-0.25, -0.2) is 9.67 Å². The molecule has 2 heterocycles. The van der Waals surface area contributed by atoms with Crippen molar-refractivity contribution in [1.29, 1.82) is 0 Å². The second-order valence-corrected chi connectivity index (χ2v) is 6.14. The summed E-state index contributed by atoms with van der Waals surface area (Å²) in [6.45, 7) is 0. The van der Waals surface area contributed by atoms with Gasteiger partial charge >= 0.3 is 0 Å². The van der Waals surface area contributed by atoms with Crippen LogP contribution in [0, 0.1) is 11.8 Å². The number of halogens is 1. The van der Waals surface area contributed by atoms with Gasteiger partial charge in [0.15, 0.2) is 5.82 Å². The summed E-state index contributed by atoms with van der Waals surface area (Å²) < 4.78 is 7.75. The molecule has 2 aromatic rings. The second-order valence-electron chi connectivity index (χ2n) is 5.75. The van der Waals surface area contributed by atoms with Gasteiger partial charge in [0.1, 0.15) is 11.3 Å². The maximum atomic E-state index is 6.05. The number of nitrogens with zero attached hydrogens (tertiary/aromatic N) is 3. The van der Waals surface area contributed by atoms with Gasteiger partial charge in [0, 0.05) is 12.3 Å². The Morgan fingerprint density at radius 3 is 2.90 bits per heavy atom. The molecule has 5 heteroatoms. The molecule has 20 heavy (non-hydrogen) atoms. The monoisotopic (exact) mass is 289 g/mol. The van der Waals surface area contributed by atoms with E-state index in [4.69, 9.17) is 16.3 Å². The third kappa shape index (κ3) is 2.18. The molecule has 0 spiro atoms. The zero-order valence-corrected chi connectivity index (χ0v) is 11.8. The van der Waals surface area contributed by atoms with Gasteiger partial charge in [0.05, 0.1) is 0 Å². The maximum Gasteiger partial charge on any atom is 0.233 e. The largest absolute Gasteiger partial charge is 0.473 e. The summed E-state index contributed by atoms with van der Waals surface area (Å²) in [4.78, 5) is 4.24. The molecular weight excluding hydrogens is 274 g/mol. The van der Waals surface area contributed by atoms with Crippen LogP contribution in [0.4, 0.5) is 0 Å². The van der Waals surface area contributed by atoms with Crippen molar-refractivity contribution in [2.45, 2.75) is 31.8 Å². The van der Waals surface area contributed by atoms with Crippen molar-refractivity contribution in [3.05, 3.63) is 35.6 Å². The maximum absolute atomic E-state index is 6.05. The molecular formula is C15H16ClN3O. The van der Waals surface area contributed by atoms with Crippen molar-refractivity contribution in [2.75, 3.05) is 0 Å². The predicted molar refractivity (Wildman–Crippen MR) is 76.2 cm³/mol. The summed E-state index contributed by atoms with van der Waals surface area (Å²) in [5, 5.41) is 4.91. The van der Waals surface area contributed by atoms with Gasteiger partial charge in [0.2, 0.25) is 5.88 Å². The summed E-state index contributed by atoms with van der Waals surface area (Å²) >= 11 is 5.90. The van der Waals surface area contributed by atoms with Gasteiger partial charge in [-0.15, -0.1) is 5.10 Å². The van der Waals surface area contributed by atoms with Crippen LogP contribution in [0.25, 0.3) is 5.82 Å².